The monoisotopic (exact) mass is 1230 g/mol. The van der Waals surface area contributed by atoms with Crippen molar-refractivity contribution in [2.45, 2.75) is 168 Å². The SMILES string of the molecule is CC1(C)OB(c2ccc(N3CCNCC3)cc2)OC1(C)C.Cc1cc(C)c(CCC(=O)c2cc(-c3ccc(N4CCNCC4)cc3)c3c(c2)[C@@H]2CCC[C@]2(C)O3)c(=O)[nH]1.Cc1cc(C)c(CCC(=O)c2cc(Br)c3c(c2)[C@@H]2CCC[C@]2(C)O3)c(=O)[nH]1. The van der Waals surface area contributed by atoms with E-state index in [9.17, 15) is 19.2 Å². The number of hydrogen-bond donors (Lipinski definition) is 4. The number of carbonyl (C=O) groups excluding carboxylic acids is 2. The molecule has 13 rings (SSSR count). The van der Waals surface area contributed by atoms with E-state index in [1.54, 1.807) is 0 Å². The lowest BCUT2D eigenvalue weighted by Crippen LogP contribution is -2.43. The summed E-state index contributed by atoms with van der Waals surface area (Å²) >= 11 is 3.59. The maximum atomic E-state index is 13.6. The van der Waals surface area contributed by atoms with E-state index in [-0.39, 0.29) is 52.2 Å². The molecule has 2 saturated carbocycles. The minimum atomic E-state index is -0.283. The molecule has 86 heavy (non-hydrogen) atoms. The molecule has 0 unspecified atom stereocenters. The standard InChI is InChI=1S/C32H37N3O3.C22H24BrNO3.C16H25BN2O2/c1-20-17-21(2)34-31(37)25(20)10-11-29(36)23-18-26(30-27(19-23)28-5-4-12-32(28,3)38-30)22-6-8-24(9-7-22)35-15-13-33-14-16-35;1-12-9-13(2)24-21(26)15(12)6-7-19(25)14-10-16-17-5-4-8-22(17,3)27-20(16)18(23)11-14;1-15(2)16(3,4)21-17(20-15)13-5-7-14(8-6-13)19-11-9-18-10-12-19/h6-9,17-19,28,33H,4-5,10-16H2,1-3H3,(H,34,37);9-11,17H,4-8H2,1-3H3,(H,24,26);5-8,18H,9-12H2,1-4H3/t28-,32-;17-,22-;/m00./s1. The van der Waals surface area contributed by atoms with Gasteiger partial charge in [0.2, 0.25) is 0 Å². The number of anilines is 2. The van der Waals surface area contributed by atoms with Crippen LogP contribution in [0.25, 0.3) is 11.1 Å². The smallest absolute Gasteiger partial charge is 0.486 e. The van der Waals surface area contributed by atoms with E-state index in [1.807, 2.05) is 58.0 Å². The zero-order chi connectivity index (χ0) is 60.9. The normalized spacial score (nSPS) is 23.0. The number of nitrogens with zero attached hydrogens (tertiary/aromatic N) is 2. The molecule has 7 heterocycles. The number of rotatable bonds is 12. The summed E-state index contributed by atoms with van der Waals surface area (Å²) in [7, 11) is -0.271. The van der Waals surface area contributed by atoms with Crippen molar-refractivity contribution in [1.29, 1.82) is 0 Å². The second kappa shape index (κ2) is 24.7. The maximum absolute atomic E-state index is 13.6. The van der Waals surface area contributed by atoms with Crippen molar-refractivity contribution in [1.82, 2.24) is 20.6 Å². The third-order valence-electron chi connectivity index (χ3n) is 19.8. The molecule has 0 radical (unpaired) electrons. The van der Waals surface area contributed by atoms with Crippen LogP contribution in [0.4, 0.5) is 11.4 Å². The van der Waals surface area contributed by atoms with Crippen molar-refractivity contribution >= 4 is 51.5 Å². The van der Waals surface area contributed by atoms with Crippen LogP contribution in [-0.2, 0) is 22.2 Å². The van der Waals surface area contributed by atoms with Crippen LogP contribution in [0, 0.1) is 27.7 Å². The fourth-order valence-electron chi connectivity index (χ4n) is 14.2. The van der Waals surface area contributed by atoms with Crippen LogP contribution in [0.2, 0.25) is 0 Å². The van der Waals surface area contributed by atoms with Gasteiger partial charge >= 0.3 is 7.12 Å². The van der Waals surface area contributed by atoms with E-state index in [4.69, 9.17) is 18.8 Å². The maximum Gasteiger partial charge on any atom is 0.494 e. The zero-order valence-electron chi connectivity index (χ0n) is 52.1. The Balaban J connectivity index is 0.000000141. The molecule has 5 fully saturated rings. The van der Waals surface area contributed by atoms with Crippen LogP contribution < -0.4 is 46.5 Å². The Labute approximate surface area is 516 Å². The number of ether oxygens (including phenoxy) is 2. The summed E-state index contributed by atoms with van der Waals surface area (Å²) in [5, 5.41) is 6.79. The quantitative estimate of drug-likeness (QED) is 0.0677. The molecular formula is C70H86BBrN6O8. The highest BCUT2D eigenvalue weighted by Gasteiger charge is 2.52. The van der Waals surface area contributed by atoms with Gasteiger partial charge in [-0.2, -0.15) is 0 Å². The molecule has 0 amide bonds. The first-order chi connectivity index (χ1) is 41.0. The van der Waals surface area contributed by atoms with Crippen LogP contribution in [0.3, 0.4) is 0 Å². The van der Waals surface area contributed by atoms with Gasteiger partial charge in [-0.1, -0.05) is 24.3 Å². The first-order valence-corrected chi connectivity index (χ1v) is 32.1. The fraction of sp³-hybridized carbons (Fsp3) is 0.486. The van der Waals surface area contributed by atoms with E-state index in [1.165, 1.54) is 16.9 Å². The minimum Gasteiger partial charge on any atom is -0.486 e. The molecule has 5 aliphatic heterocycles. The Morgan fingerprint density at radius 2 is 1.01 bits per heavy atom. The van der Waals surface area contributed by atoms with Crippen LogP contribution in [0.15, 0.2) is 99.0 Å². The second-order valence-corrected chi connectivity index (χ2v) is 27.3. The second-order valence-electron chi connectivity index (χ2n) is 26.5. The number of piperazine rings is 2. The van der Waals surface area contributed by atoms with Gasteiger partial charge in [0.25, 0.3) is 11.1 Å². The van der Waals surface area contributed by atoms with Crippen molar-refractivity contribution < 1.29 is 28.4 Å². The molecule has 7 aliphatic rings. The highest BCUT2D eigenvalue weighted by atomic mass is 79.9. The van der Waals surface area contributed by atoms with Gasteiger partial charge in [0, 0.05) is 139 Å². The molecule has 4 N–H and O–H groups in total. The minimum absolute atomic E-state index is 0.0597. The number of aryl methyl sites for hydroxylation is 4. The van der Waals surface area contributed by atoms with Crippen molar-refractivity contribution in [2.24, 2.45) is 0 Å². The molecule has 4 atom stereocenters. The van der Waals surface area contributed by atoms with Crippen LogP contribution in [0.5, 0.6) is 11.5 Å². The number of hydrogen-bond acceptors (Lipinski definition) is 12. The number of ketones is 2. The number of Topliss-reactive ketones (excluding diaryl/α,β-unsaturated/α-hetero) is 2. The highest BCUT2D eigenvalue weighted by molar-refractivity contribution is 9.10. The summed E-state index contributed by atoms with van der Waals surface area (Å²) in [5.41, 5.74) is 13.2. The Hall–Kier alpha value is -6.30. The van der Waals surface area contributed by atoms with Gasteiger partial charge in [-0.05, 0) is 219 Å². The first-order valence-electron chi connectivity index (χ1n) is 31.3. The summed E-state index contributed by atoms with van der Waals surface area (Å²) in [4.78, 5) is 61.6. The molecule has 2 aliphatic carbocycles. The third-order valence-corrected chi connectivity index (χ3v) is 20.4. The van der Waals surface area contributed by atoms with Crippen molar-refractivity contribution in [3.05, 3.63) is 166 Å². The summed E-state index contributed by atoms with van der Waals surface area (Å²) < 4.78 is 26.0. The van der Waals surface area contributed by atoms with Crippen LogP contribution in [-0.4, -0.2) is 103 Å². The molecule has 454 valence electrons. The number of H-pyrrole nitrogens is 2. The van der Waals surface area contributed by atoms with Crippen LogP contribution >= 0.6 is 15.9 Å². The van der Waals surface area contributed by atoms with Gasteiger partial charge in [0.1, 0.15) is 22.7 Å². The van der Waals surface area contributed by atoms with Gasteiger partial charge in [-0.25, -0.2) is 0 Å². The Morgan fingerprint density at radius 3 is 1.48 bits per heavy atom. The van der Waals surface area contributed by atoms with E-state index < -0.39 is 0 Å². The first kappa shape index (κ1) is 61.4. The number of fused-ring (bicyclic) bond motifs is 6. The number of aromatic nitrogens is 2. The number of carbonyl (C=O) groups is 2. The predicted octanol–water partition coefficient (Wildman–Crippen LogP) is 11.7. The summed E-state index contributed by atoms with van der Waals surface area (Å²) in [5.74, 6) is 2.63. The Kier molecular flexibility index (Phi) is 17.6. The fourth-order valence-corrected chi connectivity index (χ4v) is 14.7. The topological polar surface area (TPSA) is 167 Å². The lowest BCUT2D eigenvalue weighted by atomic mass is 9.79. The number of halogens is 1. The largest absolute Gasteiger partial charge is 0.494 e. The van der Waals surface area contributed by atoms with Crippen LogP contribution in [0.1, 0.15) is 170 Å². The molecule has 0 bridgehead atoms. The van der Waals surface area contributed by atoms with Gasteiger partial charge in [-0.3, -0.25) is 19.2 Å². The van der Waals surface area contributed by atoms with E-state index in [0.717, 1.165) is 152 Å². The Bertz CT molecular complexity index is 3630. The molecule has 14 nitrogen and oxygen atoms in total. The lowest BCUT2D eigenvalue weighted by Gasteiger charge is -2.32. The van der Waals surface area contributed by atoms with E-state index >= 15 is 0 Å². The highest BCUT2D eigenvalue weighted by Crippen LogP contribution is 2.58. The average molecular weight is 1230 g/mol. The lowest BCUT2D eigenvalue weighted by molar-refractivity contribution is 0.00578. The van der Waals surface area contributed by atoms with Gasteiger partial charge in [0.15, 0.2) is 11.6 Å². The van der Waals surface area contributed by atoms with Crippen molar-refractivity contribution in [3.63, 3.8) is 0 Å². The summed E-state index contributed by atoms with van der Waals surface area (Å²) in [6, 6.07) is 29.2. The summed E-state index contributed by atoms with van der Waals surface area (Å²) in [6.45, 7) is 28.6. The number of benzene rings is 4. The van der Waals surface area contributed by atoms with Gasteiger partial charge in [0.05, 0.1) is 15.7 Å². The van der Waals surface area contributed by atoms with Crippen molar-refractivity contribution in [3.8, 4) is 22.6 Å². The van der Waals surface area contributed by atoms with E-state index in [0.29, 0.717) is 59.8 Å². The number of pyridine rings is 2. The van der Waals surface area contributed by atoms with Gasteiger partial charge < -0.3 is 49.2 Å². The van der Waals surface area contributed by atoms with Crippen molar-refractivity contribution in [2.75, 3.05) is 62.2 Å². The molecular weight excluding hydrogens is 1140 g/mol. The number of aromatic amines is 2. The third kappa shape index (κ3) is 12.6. The van der Waals surface area contributed by atoms with Gasteiger partial charge in [-0.15, -0.1) is 0 Å². The molecule has 3 saturated heterocycles. The molecule has 0 spiro atoms. The van der Waals surface area contributed by atoms with E-state index in [2.05, 4.69) is 142 Å². The average Bonchev–Trinajstić information content (AvgIpc) is 1.65. The summed E-state index contributed by atoms with van der Waals surface area (Å²) in [6.07, 6.45) is 8.08. The molecule has 4 aromatic carbocycles. The zero-order valence-corrected chi connectivity index (χ0v) is 53.7. The predicted molar refractivity (Wildman–Crippen MR) is 348 cm³/mol. The number of nitrogens with one attached hydrogen (secondary N) is 4. The molecule has 16 heteroatoms. The molecule has 6 aromatic rings. The molecule has 2 aromatic heterocycles. The Morgan fingerprint density at radius 1 is 0.581 bits per heavy atom.